The molecule has 0 bridgehead atoms. The summed E-state index contributed by atoms with van der Waals surface area (Å²) < 4.78 is 63.1. The van der Waals surface area contributed by atoms with Crippen LogP contribution >= 0.6 is 0 Å². The first-order chi connectivity index (χ1) is 15.8. The number of esters is 1. The molecule has 0 aliphatic rings. The Morgan fingerprint density at radius 2 is 1.88 bits per heavy atom. The third-order valence-corrected chi connectivity index (χ3v) is 6.17. The molecule has 0 spiro atoms. The molecule has 0 saturated heterocycles. The van der Waals surface area contributed by atoms with Crippen molar-refractivity contribution in [2.24, 2.45) is 5.41 Å². The van der Waals surface area contributed by atoms with Crippen LogP contribution in [0.4, 0.5) is 13.2 Å². The maximum Gasteiger partial charge on any atom is 0.422 e. The first kappa shape index (κ1) is 25.8. The Hall–Kier alpha value is -2.79. The van der Waals surface area contributed by atoms with Crippen molar-refractivity contribution in [2.45, 2.75) is 57.9 Å². The van der Waals surface area contributed by atoms with E-state index in [1.165, 1.54) is 12.3 Å². The van der Waals surface area contributed by atoms with E-state index in [0.29, 0.717) is 22.3 Å². The van der Waals surface area contributed by atoms with E-state index >= 15 is 0 Å². The molecule has 0 amide bonds. The van der Waals surface area contributed by atoms with E-state index in [4.69, 9.17) is 9.47 Å². The lowest BCUT2D eigenvalue weighted by Crippen LogP contribution is -2.27. The summed E-state index contributed by atoms with van der Waals surface area (Å²) in [5, 5.41) is 0.165. The normalized spacial score (nSPS) is 14.1. The molecule has 34 heavy (non-hydrogen) atoms. The van der Waals surface area contributed by atoms with Gasteiger partial charge in [-0.2, -0.15) is 18.2 Å². The van der Waals surface area contributed by atoms with Gasteiger partial charge >= 0.3 is 17.3 Å². The van der Waals surface area contributed by atoms with Gasteiger partial charge < -0.3 is 14.0 Å². The van der Waals surface area contributed by atoms with Crippen molar-refractivity contribution in [2.75, 3.05) is 6.61 Å². The van der Waals surface area contributed by atoms with Gasteiger partial charge in [-0.15, -0.1) is 0 Å². The van der Waals surface area contributed by atoms with Crippen LogP contribution in [-0.4, -0.2) is 37.8 Å². The van der Waals surface area contributed by atoms with Crippen LogP contribution in [0.3, 0.4) is 0 Å². The fraction of sp³-hybridized carbons (Fsp3) is 0.435. The highest BCUT2D eigenvalue weighted by molar-refractivity contribution is 7.90. The molecule has 3 rings (SSSR count). The van der Waals surface area contributed by atoms with E-state index < -0.39 is 41.6 Å². The van der Waals surface area contributed by atoms with Crippen LogP contribution in [-0.2, 0) is 26.5 Å². The van der Waals surface area contributed by atoms with Crippen molar-refractivity contribution < 1.29 is 32.0 Å². The topological polar surface area (TPSA) is 89.3 Å². The molecule has 0 saturated carbocycles. The minimum Gasteiger partial charge on any atom is -0.609 e. The van der Waals surface area contributed by atoms with Gasteiger partial charge in [-0.3, -0.25) is 9.78 Å². The number of nitrogens with zero attached hydrogens (tertiary/aromatic N) is 3. The fourth-order valence-electron chi connectivity index (χ4n) is 3.13. The highest BCUT2D eigenvalue weighted by atomic mass is 32.2. The minimum absolute atomic E-state index is 0.0142. The van der Waals surface area contributed by atoms with Crippen molar-refractivity contribution in [3.05, 3.63) is 47.8 Å². The molecule has 2 heterocycles. The predicted molar refractivity (Wildman–Crippen MR) is 121 cm³/mol. The Kier molecular flexibility index (Phi) is 7.47. The molecule has 3 aromatic rings. The van der Waals surface area contributed by atoms with Crippen LogP contribution < -0.4 is 4.74 Å². The number of aromatic nitrogens is 3. The third kappa shape index (κ3) is 6.01. The molecular weight excluding hydrogens is 471 g/mol. The summed E-state index contributed by atoms with van der Waals surface area (Å²) in [6, 6.07) is 8.43. The summed E-state index contributed by atoms with van der Waals surface area (Å²) in [6.45, 7) is 6.97. The SMILES string of the molecule is Cc1c(OCC(F)(F)F)ccnc1C[S+]([O-])c1nc2ccccc2n1C(C)OC(=O)C(C)(C)C. The van der Waals surface area contributed by atoms with Crippen molar-refractivity contribution in [1.82, 2.24) is 14.5 Å². The second kappa shape index (κ2) is 9.83. The van der Waals surface area contributed by atoms with Crippen LogP contribution in [0.25, 0.3) is 11.0 Å². The van der Waals surface area contributed by atoms with Gasteiger partial charge in [0.05, 0.1) is 22.1 Å². The molecule has 2 atom stereocenters. The zero-order valence-corrected chi connectivity index (χ0v) is 20.3. The number of imidazole rings is 1. The molecule has 7 nitrogen and oxygen atoms in total. The number of halogens is 3. The Balaban J connectivity index is 1.92. The second-order valence-corrected chi connectivity index (χ2v) is 10.1. The summed E-state index contributed by atoms with van der Waals surface area (Å²) in [5.74, 6) is -0.528. The van der Waals surface area contributed by atoms with E-state index in [2.05, 4.69) is 9.97 Å². The first-order valence-electron chi connectivity index (χ1n) is 10.5. The number of carbonyl (C=O) groups excluding carboxylic acids is 1. The molecule has 0 N–H and O–H groups in total. The molecular formula is C23H26F3N3O4S. The molecule has 184 valence electrons. The van der Waals surface area contributed by atoms with E-state index in [1.54, 1.807) is 63.5 Å². The summed E-state index contributed by atoms with van der Waals surface area (Å²) in [5.41, 5.74) is 1.14. The van der Waals surface area contributed by atoms with E-state index in [9.17, 15) is 22.5 Å². The number of hydrogen-bond donors (Lipinski definition) is 0. The number of fused-ring (bicyclic) bond motifs is 1. The Labute approximate surface area is 198 Å². The van der Waals surface area contributed by atoms with Crippen LogP contribution in [0.1, 0.15) is 45.2 Å². The maximum absolute atomic E-state index is 13.4. The Bertz CT molecular complexity index is 1170. The largest absolute Gasteiger partial charge is 0.609 e. The molecule has 0 radical (unpaired) electrons. The number of hydrogen-bond acceptors (Lipinski definition) is 6. The highest BCUT2D eigenvalue weighted by Crippen LogP contribution is 2.30. The lowest BCUT2D eigenvalue weighted by molar-refractivity contribution is -0.162. The minimum atomic E-state index is -4.48. The smallest absolute Gasteiger partial charge is 0.422 e. The van der Waals surface area contributed by atoms with Crippen LogP contribution in [0, 0.1) is 12.3 Å². The van der Waals surface area contributed by atoms with Gasteiger partial charge in [0.2, 0.25) is 0 Å². The van der Waals surface area contributed by atoms with Gasteiger partial charge in [-0.25, -0.2) is 4.57 Å². The Morgan fingerprint density at radius 1 is 1.21 bits per heavy atom. The molecule has 1 aromatic carbocycles. The zero-order valence-electron chi connectivity index (χ0n) is 19.5. The Morgan fingerprint density at radius 3 is 2.53 bits per heavy atom. The number of carbonyl (C=O) groups is 1. The number of pyridine rings is 1. The summed E-state index contributed by atoms with van der Waals surface area (Å²) in [4.78, 5) is 21.1. The van der Waals surface area contributed by atoms with Gasteiger partial charge in [-0.1, -0.05) is 12.1 Å². The lowest BCUT2D eigenvalue weighted by Gasteiger charge is -2.23. The number of ether oxygens (including phenoxy) is 2. The van der Waals surface area contributed by atoms with Gasteiger partial charge in [0.15, 0.2) is 18.6 Å². The number of rotatable bonds is 7. The van der Waals surface area contributed by atoms with Gasteiger partial charge in [0.25, 0.3) is 0 Å². The van der Waals surface area contributed by atoms with Crippen molar-refractivity contribution in [3.8, 4) is 5.75 Å². The van der Waals surface area contributed by atoms with Crippen molar-refractivity contribution in [3.63, 3.8) is 0 Å². The molecule has 0 aliphatic carbocycles. The van der Waals surface area contributed by atoms with E-state index in [1.807, 2.05) is 0 Å². The number of benzene rings is 1. The van der Waals surface area contributed by atoms with Crippen LogP contribution in [0.2, 0.25) is 0 Å². The first-order valence-corrected chi connectivity index (χ1v) is 11.8. The molecule has 2 aromatic heterocycles. The molecule has 0 fully saturated rings. The maximum atomic E-state index is 13.4. The summed E-state index contributed by atoms with van der Waals surface area (Å²) in [6.07, 6.45) is -3.97. The molecule has 0 aliphatic heterocycles. The number of para-hydroxylation sites is 2. The molecule has 11 heteroatoms. The quantitative estimate of drug-likeness (QED) is 0.333. The van der Waals surface area contributed by atoms with Gasteiger partial charge in [0.1, 0.15) is 5.75 Å². The average molecular weight is 498 g/mol. The highest BCUT2D eigenvalue weighted by Gasteiger charge is 2.32. The third-order valence-electron chi connectivity index (χ3n) is 4.94. The van der Waals surface area contributed by atoms with Crippen molar-refractivity contribution >= 4 is 28.2 Å². The molecule has 2 unspecified atom stereocenters. The summed E-state index contributed by atoms with van der Waals surface area (Å²) in [7, 11) is 0. The zero-order chi connectivity index (χ0) is 25.3. The fourth-order valence-corrected chi connectivity index (χ4v) is 4.46. The second-order valence-electron chi connectivity index (χ2n) is 8.78. The van der Waals surface area contributed by atoms with Crippen LogP contribution in [0.15, 0.2) is 41.7 Å². The van der Waals surface area contributed by atoms with E-state index in [0.717, 1.165) is 0 Å². The standard InChI is InChI=1S/C23H26F3N3O4S/c1-14-17(27-11-10-19(14)32-13-23(24,25)26)12-34(31)21-28-16-8-6-7-9-18(16)29(21)15(2)33-20(30)22(3,4)5/h6-11,15H,12-13H2,1-5H3. The lowest BCUT2D eigenvalue weighted by atomic mass is 9.97. The van der Waals surface area contributed by atoms with Crippen LogP contribution in [0.5, 0.6) is 5.75 Å². The average Bonchev–Trinajstić information content (AvgIpc) is 3.13. The number of alkyl halides is 3. The van der Waals surface area contributed by atoms with Crippen molar-refractivity contribution in [1.29, 1.82) is 0 Å². The van der Waals surface area contributed by atoms with Gasteiger partial charge in [-0.05, 0) is 52.8 Å². The van der Waals surface area contributed by atoms with Gasteiger partial charge in [0, 0.05) is 22.9 Å². The van der Waals surface area contributed by atoms with E-state index in [-0.39, 0.29) is 16.7 Å². The predicted octanol–water partition coefficient (Wildman–Crippen LogP) is 5.10. The monoisotopic (exact) mass is 497 g/mol. The summed E-state index contributed by atoms with van der Waals surface area (Å²) >= 11 is -1.75.